The van der Waals surface area contributed by atoms with E-state index < -0.39 is 0 Å². The number of thiophene rings is 1. The lowest BCUT2D eigenvalue weighted by Gasteiger charge is -2.09. The van der Waals surface area contributed by atoms with Crippen LogP contribution in [0, 0.1) is 20.8 Å². The molecule has 0 saturated carbocycles. The Morgan fingerprint density at radius 1 is 1.36 bits per heavy atom. The first-order chi connectivity index (χ1) is 13.3. The molecular formula is C20H23N3O3S2. The van der Waals surface area contributed by atoms with Crippen LogP contribution in [-0.2, 0) is 5.75 Å². The van der Waals surface area contributed by atoms with Gasteiger partial charge in [-0.3, -0.25) is 9.59 Å². The van der Waals surface area contributed by atoms with Crippen molar-refractivity contribution in [2.24, 2.45) is 0 Å². The minimum atomic E-state index is -0.354. The van der Waals surface area contributed by atoms with Gasteiger partial charge in [-0.1, -0.05) is 17.7 Å². The number of H-pyrrole nitrogens is 1. The highest BCUT2D eigenvalue weighted by Gasteiger charge is 2.20. The smallest absolute Gasteiger partial charge is 0.262 e. The van der Waals surface area contributed by atoms with Gasteiger partial charge in [0.05, 0.1) is 22.6 Å². The third-order valence-electron chi connectivity index (χ3n) is 4.42. The number of aryl methyl sites for hydroxylation is 3. The second-order valence-electron chi connectivity index (χ2n) is 6.86. The van der Waals surface area contributed by atoms with Crippen LogP contribution in [0.25, 0.3) is 10.2 Å². The number of aromatic amines is 1. The Labute approximate surface area is 171 Å². The number of rotatable bonds is 6. The van der Waals surface area contributed by atoms with Crippen molar-refractivity contribution < 1.29 is 9.90 Å². The van der Waals surface area contributed by atoms with E-state index >= 15 is 0 Å². The number of thioether (sulfide) groups is 1. The molecule has 3 N–H and O–H groups in total. The van der Waals surface area contributed by atoms with Crippen LogP contribution in [0.1, 0.15) is 39.1 Å². The molecule has 1 unspecified atom stereocenters. The van der Waals surface area contributed by atoms with Crippen molar-refractivity contribution in [3.05, 3.63) is 55.9 Å². The first kappa shape index (κ1) is 20.6. The standard InChI is InChI=1S/C20H23N3O3S2/c1-10-5-6-11(2)14(7-10)27-9-15-22-18(25)16-13(4)17(28-20(16)23-15)19(26)21-12(3)8-24/h5-7,12,24H,8-9H2,1-4H3,(H,21,26)(H,22,23,25). The maximum atomic E-state index is 12.6. The monoisotopic (exact) mass is 417 g/mol. The summed E-state index contributed by atoms with van der Waals surface area (Å²) >= 11 is 2.83. The summed E-state index contributed by atoms with van der Waals surface area (Å²) in [7, 11) is 0. The lowest BCUT2D eigenvalue weighted by molar-refractivity contribution is 0.0926. The molecule has 2 heterocycles. The number of nitrogens with zero attached hydrogens (tertiary/aromatic N) is 1. The number of fused-ring (bicyclic) bond motifs is 1. The number of aliphatic hydroxyl groups is 1. The molecular weight excluding hydrogens is 394 g/mol. The molecule has 0 aliphatic heterocycles. The predicted octanol–water partition coefficient (Wildman–Crippen LogP) is 3.31. The van der Waals surface area contributed by atoms with E-state index in [2.05, 4.69) is 40.4 Å². The average Bonchev–Trinajstić information content (AvgIpc) is 2.99. The highest BCUT2D eigenvalue weighted by Crippen LogP contribution is 2.29. The van der Waals surface area contributed by atoms with Gasteiger partial charge in [0, 0.05) is 10.9 Å². The van der Waals surface area contributed by atoms with Crippen molar-refractivity contribution >= 4 is 39.2 Å². The highest BCUT2D eigenvalue weighted by molar-refractivity contribution is 7.98. The molecule has 0 spiro atoms. The minimum absolute atomic E-state index is 0.145. The first-order valence-corrected chi connectivity index (χ1v) is 10.7. The molecule has 0 fully saturated rings. The van der Waals surface area contributed by atoms with Gasteiger partial charge in [0.25, 0.3) is 11.5 Å². The molecule has 0 aliphatic carbocycles. The van der Waals surface area contributed by atoms with Crippen LogP contribution in [0.2, 0.25) is 0 Å². The summed E-state index contributed by atoms with van der Waals surface area (Å²) in [6.45, 7) is 7.43. The summed E-state index contributed by atoms with van der Waals surface area (Å²) in [6.07, 6.45) is 0. The van der Waals surface area contributed by atoms with Gasteiger partial charge >= 0.3 is 0 Å². The van der Waals surface area contributed by atoms with E-state index in [1.807, 2.05) is 6.92 Å². The van der Waals surface area contributed by atoms with Crippen LogP contribution in [0.15, 0.2) is 27.9 Å². The first-order valence-electron chi connectivity index (χ1n) is 8.94. The number of hydrogen-bond acceptors (Lipinski definition) is 6. The molecule has 28 heavy (non-hydrogen) atoms. The van der Waals surface area contributed by atoms with Crippen LogP contribution in [-0.4, -0.2) is 33.6 Å². The van der Waals surface area contributed by atoms with Crippen LogP contribution in [0.3, 0.4) is 0 Å². The summed E-state index contributed by atoms with van der Waals surface area (Å²) in [6, 6.07) is 5.92. The third kappa shape index (κ3) is 4.29. The number of carbonyl (C=O) groups is 1. The SMILES string of the molecule is Cc1ccc(C)c(SCc2nc3sc(C(=O)NC(C)CO)c(C)c3c(=O)[nH]2)c1. The maximum Gasteiger partial charge on any atom is 0.262 e. The molecule has 0 radical (unpaired) electrons. The van der Waals surface area contributed by atoms with Crippen molar-refractivity contribution in [3.63, 3.8) is 0 Å². The van der Waals surface area contributed by atoms with Gasteiger partial charge in [0.2, 0.25) is 0 Å². The molecule has 1 aromatic carbocycles. The van der Waals surface area contributed by atoms with Gasteiger partial charge < -0.3 is 15.4 Å². The highest BCUT2D eigenvalue weighted by atomic mass is 32.2. The molecule has 6 nitrogen and oxygen atoms in total. The fraction of sp³-hybridized carbons (Fsp3) is 0.350. The van der Waals surface area contributed by atoms with E-state index in [1.54, 1.807) is 25.6 Å². The Kier molecular flexibility index (Phi) is 6.22. The van der Waals surface area contributed by atoms with Crippen molar-refractivity contribution in [2.45, 2.75) is 44.4 Å². The maximum absolute atomic E-state index is 12.6. The molecule has 8 heteroatoms. The molecule has 0 saturated heterocycles. The van der Waals surface area contributed by atoms with Gasteiger partial charge in [0.15, 0.2) is 0 Å². The number of hydrogen-bond donors (Lipinski definition) is 3. The molecule has 1 atom stereocenters. The Morgan fingerprint density at radius 3 is 2.82 bits per heavy atom. The van der Waals surface area contributed by atoms with Crippen LogP contribution >= 0.6 is 23.1 Å². The topological polar surface area (TPSA) is 95.1 Å². The summed E-state index contributed by atoms with van der Waals surface area (Å²) in [5.74, 6) is 0.822. The summed E-state index contributed by atoms with van der Waals surface area (Å²) in [4.78, 5) is 34.6. The predicted molar refractivity (Wildman–Crippen MR) is 114 cm³/mol. The zero-order chi connectivity index (χ0) is 20.4. The third-order valence-corrected chi connectivity index (χ3v) is 6.77. The van der Waals surface area contributed by atoms with Crippen LogP contribution in [0.5, 0.6) is 0 Å². The molecule has 0 bridgehead atoms. The van der Waals surface area contributed by atoms with E-state index in [4.69, 9.17) is 5.11 Å². The largest absolute Gasteiger partial charge is 0.394 e. The average molecular weight is 418 g/mol. The lowest BCUT2D eigenvalue weighted by atomic mass is 10.2. The van der Waals surface area contributed by atoms with E-state index in [0.29, 0.717) is 32.2 Å². The number of carbonyl (C=O) groups excluding carboxylic acids is 1. The fourth-order valence-electron chi connectivity index (χ4n) is 2.82. The van der Waals surface area contributed by atoms with E-state index in [1.165, 1.54) is 22.5 Å². The van der Waals surface area contributed by atoms with E-state index in [9.17, 15) is 9.59 Å². The Hall–Kier alpha value is -2.16. The van der Waals surface area contributed by atoms with Crippen molar-refractivity contribution in [1.29, 1.82) is 0 Å². The number of nitrogens with one attached hydrogen (secondary N) is 2. The Morgan fingerprint density at radius 2 is 2.11 bits per heavy atom. The van der Waals surface area contributed by atoms with Gasteiger partial charge in [0.1, 0.15) is 10.7 Å². The Bertz CT molecular complexity index is 1090. The second kappa shape index (κ2) is 8.46. The van der Waals surface area contributed by atoms with Gasteiger partial charge in [-0.2, -0.15) is 0 Å². The van der Waals surface area contributed by atoms with Crippen molar-refractivity contribution in [1.82, 2.24) is 15.3 Å². The van der Waals surface area contributed by atoms with Crippen molar-refractivity contribution in [2.75, 3.05) is 6.61 Å². The van der Waals surface area contributed by atoms with E-state index in [-0.39, 0.29) is 24.1 Å². The minimum Gasteiger partial charge on any atom is -0.394 e. The lowest BCUT2D eigenvalue weighted by Crippen LogP contribution is -2.34. The number of aromatic nitrogens is 2. The number of benzene rings is 1. The molecule has 2 aromatic heterocycles. The summed E-state index contributed by atoms with van der Waals surface area (Å²) < 4.78 is 0. The zero-order valence-electron chi connectivity index (χ0n) is 16.3. The quantitative estimate of drug-likeness (QED) is 0.535. The summed E-state index contributed by atoms with van der Waals surface area (Å²) in [5, 5.41) is 12.3. The Balaban J connectivity index is 1.89. The molecule has 3 rings (SSSR count). The fourth-order valence-corrected chi connectivity index (χ4v) is 4.92. The van der Waals surface area contributed by atoms with E-state index in [0.717, 1.165) is 4.90 Å². The number of aliphatic hydroxyl groups excluding tert-OH is 1. The normalized spacial score (nSPS) is 12.3. The van der Waals surface area contributed by atoms with Crippen molar-refractivity contribution in [3.8, 4) is 0 Å². The molecule has 148 valence electrons. The number of amides is 1. The molecule has 3 aromatic rings. The second-order valence-corrected chi connectivity index (χ2v) is 8.88. The van der Waals surface area contributed by atoms with Gasteiger partial charge in [-0.05, 0) is 44.9 Å². The molecule has 1 amide bonds. The summed E-state index contributed by atoms with van der Waals surface area (Å²) in [5.41, 5.74) is 2.75. The molecule has 0 aliphatic rings. The van der Waals surface area contributed by atoms with Gasteiger partial charge in [-0.25, -0.2) is 4.98 Å². The van der Waals surface area contributed by atoms with Gasteiger partial charge in [-0.15, -0.1) is 23.1 Å². The van der Waals surface area contributed by atoms with Crippen LogP contribution in [0.4, 0.5) is 0 Å². The zero-order valence-corrected chi connectivity index (χ0v) is 17.9. The van der Waals surface area contributed by atoms with Crippen LogP contribution < -0.4 is 10.9 Å².